The molecule has 1 heterocycles. The molecule has 0 bridgehead atoms. The van der Waals surface area contributed by atoms with E-state index in [1.54, 1.807) is 0 Å². The van der Waals surface area contributed by atoms with Crippen molar-refractivity contribution in [1.82, 2.24) is 5.32 Å². The number of nitrogens with two attached hydrogens (primary N) is 1. The van der Waals surface area contributed by atoms with Crippen molar-refractivity contribution in [2.45, 2.75) is 17.7 Å². The Kier molecular flexibility index (Phi) is 5.21. The lowest BCUT2D eigenvalue weighted by molar-refractivity contribution is 0.0536. The van der Waals surface area contributed by atoms with Crippen LogP contribution in [0.4, 0.5) is 0 Å². The summed E-state index contributed by atoms with van der Waals surface area (Å²) in [6, 6.07) is 3.99. The highest BCUT2D eigenvalue weighted by molar-refractivity contribution is 7.89. The van der Waals surface area contributed by atoms with Crippen LogP contribution in [0.5, 0.6) is 0 Å². The van der Waals surface area contributed by atoms with Crippen LogP contribution in [-0.4, -0.2) is 34.1 Å². The van der Waals surface area contributed by atoms with Crippen LogP contribution in [0.25, 0.3) is 0 Å². The molecule has 1 aliphatic heterocycles. The van der Waals surface area contributed by atoms with Crippen molar-refractivity contribution in [3.8, 4) is 0 Å². The molecule has 1 fully saturated rings. The van der Waals surface area contributed by atoms with E-state index in [0.29, 0.717) is 13.2 Å². The Hall–Kier alpha value is -1.15. The van der Waals surface area contributed by atoms with E-state index in [0.717, 1.165) is 19.4 Å². The molecule has 6 nitrogen and oxygen atoms in total. The number of hydrogen-bond acceptors (Lipinski definition) is 4. The molecule has 1 unspecified atom stereocenters. The maximum atomic E-state index is 12.0. The van der Waals surface area contributed by atoms with E-state index >= 15 is 0 Å². The monoisotopic (exact) mass is 332 g/mol. The highest BCUT2D eigenvalue weighted by atomic mass is 35.5. The summed E-state index contributed by atoms with van der Waals surface area (Å²) in [6.07, 6.45) is 1.99. The molecule has 0 spiro atoms. The molecule has 1 aliphatic rings. The third-order valence-electron chi connectivity index (χ3n) is 3.31. The van der Waals surface area contributed by atoms with Crippen molar-refractivity contribution < 1.29 is 17.9 Å². The first-order valence-corrected chi connectivity index (χ1v) is 8.48. The summed E-state index contributed by atoms with van der Waals surface area (Å²) >= 11 is 5.78. The number of carbonyl (C=O) groups excluding carboxylic acids is 1. The Morgan fingerprint density at radius 2 is 2.24 bits per heavy atom. The first kappa shape index (κ1) is 16.2. The van der Waals surface area contributed by atoms with Crippen LogP contribution in [0.1, 0.15) is 23.2 Å². The number of hydrogen-bond donors (Lipinski definition) is 2. The molecular weight excluding hydrogens is 316 g/mol. The summed E-state index contributed by atoms with van der Waals surface area (Å²) in [5.41, 5.74) is 0.208. The zero-order valence-corrected chi connectivity index (χ0v) is 12.9. The van der Waals surface area contributed by atoms with Crippen LogP contribution in [0.3, 0.4) is 0 Å². The number of benzene rings is 1. The Labute approximate surface area is 128 Å². The van der Waals surface area contributed by atoms with Gasteiger partial charge in [-0.25, -0.2) is 13.6 Å². The summed E-state index contributed by atoms with van der Waals surface area (Å²) in [6.45, 7) is 1.88. The number of halogens is 1. The zero-order chi connectivity index (χ0) is 15.5. The fourth-order valence-corrected chi connectivity index (χ4v) is 3.24. The third-order valence-corrected chi connectivity index (χ3v) is 4.70. The number of amides is 1. The minimum atomic E-state index is -3.96. The van der Waals surface area contributed by atoms with Gasteiger partial charge in [0.25, 0.3) is 5.91 Å². The van der Waals surface area contributed by atoms with Gasteiger partial charge in [-0.15, -0.1) is 0 Å². The van der Waals surface area contributed by atoms with Crippen LogP contribution >= 0.6 is 11.6 Å². The maximum absolute atomic E-state index is 12.0. The van der Waals surface area contributed by atoms with Crippen molar-refractivity contribution in [1.29, 1.82) is 0 Å². The molecule has 0 aromatic heterocycles. The lowest BCUT2D eigenvalue weighted by Gasteiger charge is -2.22. The molecule has 116 valence electrons. The fourth-order valence-electron chi connectivity index (χ4n) is 2.17. The Bertz CT molecular complexity index is 627. The third kappa shape index (κ3) is 4.41. The van der Waals surface area contributed by atoms with E-state index in [4.69, 9.17) is 21.5 Å². The van der Waals surface area contributed by atoms with Gasteiger partial charge < -0.3 is 10.1 Å². The molecule has 0 saturated carbocycles. The number of ether oxygens (including phenoxy) is 1. The number of sulfonamides is 1. The quantitative estimate of drug-likeness (QED) is 0.863. The van der Waals surface area contributed by atoms with Crippen molar-refractivity contribution in [3.05, 3.63) is 28.8 Å². The largest absolute Gasteiger partial charge is 0.381 e. The van der Waals surface area contributed by atoms with Gasteiger partial charge in [0, 0.05) is 18.7 Å². The molecule has 8 heteroatoms. The van der Waals surface area contributed by atoms with E-state index in [2.05, 4.69) is 5.32 Å². The predicted octanol–water partition coefficient (Wildman–Crippen LogP) is 1.14. The average molecular weight is 333 g/mol. The zero-order valence-electron chi connectivity index (χ0n) is 11.3. The maximum Gasteiger partial charge on any atom is 0.251 e. The smallest absolute Gasteiger partial charge is 0.251 e. The first-order valence-electron chi connectivity index (χ1n) is 6.56. The number of rotatable bonds is 4. The van der Waals surface area contributed by atoms with E-state index in [9.17, 15) is 13.2 Å². The normalized spacial score (nSPS) is 19.2. The van der Waals surface area contributed by atoms with Gasteiger partial charge in [-0.1, -0.05) is 11.6 Å². The Morgan fingerprint density at radius 3 is 2.86 bits per heavy atom. The SMILES string of the molecule is NS(=O)(=O)c1cc(C(=O)NCC2CCCOC2)ccc1Cl. The average Bonchev–Trinajstić information content (AvgIpc) is 2.45. The van der Waals surface area contributed by atoms with Crippen molar-refractivity contribution in [2.24, 2.45) is 11.1 Å². The lowest BCUT2D eigenvalue weighted by atomic mass is 10.0. The molecule has 1 amide bonds. The topological polar surface area (TPSA) is 98.5 Å². The van der Waals surface area contributed by atoms with Gasteiger partial charge in [0.15, 0.2) is 0 Å². The van der Waals surface area contributed by atoms with E-state index in [1.807, 2.05) is 0 Å². The van der Waals surface area contributed by atoms with Gasteiger partial charge in [-0.3, -0.25) is 4.79 Å². The molecule has 21 heavy (non-hydrogen) atoms. The van der Waals surface area contributed by atoms with Crippen LogP contribution < -0.4 is 10.5 Å². The number of nitrogens with one attached hydrogen (secondary N) is 1. The molecular formula is C13H17ClN2O4S. The lowest BCUT2D eigenvalue weighted by Crippen LogP contribution is -2.33. The molecule has 2 rings (SSSR count). The molecule has 0 aliphatic carbocycles. The molecule has 0 radical (unpaired) electrons. The second-order valence-corrected chi connectivity index (χ2v) is 6.92. The molecule has 1 aromatic carbocycles. The molecule has 1 aromatic rings. The molecule has 1 saturated heterocycles. The Morgan fingerprint density at radius 1 is 1.48 bits per heavy atom. The van der Waals surface area contributed by atoms with E-state index in [1.165, 1.54) is 18.2 Å². The van der Waals surface area contributed by atoms with Crippen LogP contribution in [-0.2, 0) is 14.8 Å². The minimum Gasteiger partial charge on any atom is -0.381 e. The van der Waals surface area contributed by atoms with Crippen LogP contribution in [0.15, 0.2) is 23.1 Å². The second-order valence-electron chi connectivity index (χ2n) is 4.98. The van der Waals surface area contributed by atoms with Gasteiger partial charge in [0.05, 0.1) is 11.6 Å². The van der Waals surface area contributed by atoms with E-state index < -0.39 is 10.0 Å². The Balaban J connectivity index is 2.05. The standard InChI is InChI=1S/C13H17ClN2O4S/c14-11-4-3-10(6-12(11)21(15,18)19)13(17)16-7-9-2-1-5-20-8-9/h3-4,6,9H,1-2,5,7-8H2,(H,16,17)(H2,15,18,19). The highest BCUT2D eigenvalue weighted by Crippen LogP contribution is 2.21. The summed E-state index contributed by atoms with van der Waals surface area (Å²) in [5, 5.41) is 7.82. The molecule has 3 N–H and O–H groups in total. The van der Waals surface area contributed by atoms with Gasteiger partial charge in [-0.2, -0.15) is 0 Å². The van der Waals surface area contributed by atoms with E-state index in [-0.39, 0.29) is 27.3 Å². The van der Waals surface area contributed by atoms with Gasteiger partial charge in [-0.05, 0) is 37.0 Å². The number of primary sulfonamides is 1. The number of carbonyl (C=O) groups is 1. The van der Waals surface area contributed by atoms with Gasteiger partial charge >= 0.3 is 0 Å². The van der Waals surface area contributed by atoms with Gasteiger partial charge in [0.2, 0.25) is 10.0 Å². The van der Waals surface area contributed by atoms with Gasteiger partial charge in [0.1, 0.15) is 4.90 Å². The second kappa shape index (κ2) is 6.74. The van der Waals surface area contributed by atoms with Crippen LogP contribution in [0.2, 0.25) is 5.02 Å². The summed E-state index contributed by atoms with van der Waals surface area (Å²) in [5.74, 6) is -0.0742. The first-order chi connectivity index (χ1) is 9.88. The van der Waals surface area contributed by atoms with Crippen molar-refractivity contribution >= 4 is 27.5 Å². The molecule has 1 atom stereocenters. The van der Waals surface area contributed by atoms with Crippen molar-refractivity contribution in [3.63, 3.8) is 0 Å². The summed E-state index contributed by atoms with van der Waals surface area (Å²) in [4.78, 5) is 11.8. The highest BCUT2D eigenvalue weighted by Gasteiger charge is 2.18. The fraction of sp³-hybridized carbons (Fsp3) is 0.462. The van der Waals surface area contributed by atoms with Crippen molar-refractivity contribution in [2.75, 3.05) is 19.8 Å². The summed E-state index contributed by atoms with van der Waals surface area (Å²) < 4.78 is 28.1. The van der Waals surface area contributed by atoms with Crippen LogP contribution in [0, 0.1) is 5.92 Å². The predicted molar refractivity (Wildman–Crippen MR) is 78.7 cm³/mol. The minimum absolute atomic E-state index is 0.00488. The summed E-state index contributed by atoms with van der Waals surface area (Å²) in [7, 11) is -3.96.